The van der Waals surface area contributed by atoms with Crippen molar-refractivity contribution in [2.75, 3.05) is 11.6 Å². The molecule has 0 spiro atoms. The van der Waals surface area contributed by atoms with Crippen molar-refractivity contribution in [2.24, 2.45) is 0 Å². The van der Waals surface area contributed by atoms with Crippen LogP contribution in [0.4, 0.5) is 11.5 Å². The number of aryl methyl sites for hydroxylation is 1. The third-order valence-electron chi connectivity index (χ3n) is 4.45. The number of nitro benzene ring substituents is 1. The highest BCUT2D eigenvalue weighted by atomic mass is 16.6. The minimum atomic E-state index is -0.516. The maximum atomic E-state index is 12.5. The van der Waals surface area contributed by atoms with E-state index in [2.05, 4.69) is 11.5 Å². The van der Waals surface area contributed by atoms with E-state index in [1.807, 2.05) is 25.1 Å². The van der Waals surface area contributed by atoms with Crippen LogP contribution in [0.15, 0.2) is 48.5 Å². The molecule has 7 heteroatoms. The Morgan fingerprint density at radius 3 is 2.88 bits per heavy atom. The number of fused-ring (bicyclic) bond motifs is 2. The van der Waals surface area contributed by atoms with E-state index in [1.54, 1.807) is 11.1 Å². The Balaban J connectivity index is 1.62. The average molecular weight is 348 g/mol. The highest BCUT2D eigenvalue weighted by Gasteiger charge is 2.24. The minimum Gasteiger partial charge on any atom is -0.267 e. The van der Waals surface area contributed by atoms with Crippen molar-refractivity contribution in [1.82, 2.24) is 10.4 Å². The van der Waals surface area contributed by atoms with E-state index < -0.39 is 10.8 Å². The van der Waals surface area contributed by atoms with Gasteiger partial charge >= 0.3 is 0 Å². The molecule has 0 saturated heterocycles. The number of hydrogen-bond donors (Lipinski definition) is 1. The van der Waals surface area contributed by atoms with Gasteiger partial charge in [0.1, 0.15) is 0 Å². The van der Waals surface area contributed by atoms with Gasteiger partial charge in [0, 0.05) is 29.6 Å². The SMILES string of the molecule is Cc1ccc2cc3c(nc2c1)N(NC(=O)c1cccc([N+](=O)[O-])c1)CC3. The van der Waals surface area contributed by atoms with Crippen LogP contribution in [0.5, 0.6) is 0 Å². The molecule has 130 valence electrons. The second kappa shape index (κ2) is 6.11. The molecule has 1 N–H and O–H groups in total. The maximum Gasteiger partial charge on any atom is 0.270 e. The summed E-state index contributed by atoms with van der Waals surface area (Å²) in [5.41, 5.74) is 6.00. The number of carbonyl (C=O) groups is 1. The molecule has 0 radical (unpaired) electrons. The number of non-ortho nitro benzene ring substituents is 1. The van der Waals surface area contributed by atoms with Crippen molar-refractivity contribution in [3.8, 4) is 0 Å². The van der Waals surface area contributed by atoms with Crippen LogP contribution in [0.2, 0.25) is 0 Å². The number of pyridine rings is 1. The van der Waals surface area contributed by atoms with Gasteiger partial charge in [0.15, 0.2) is 5.82 Å². The quantitative estimate of drug-likeness (QED) is 0.580. The minimum absolute atomic E-state index is 0.112. The normalized spacial score (nSPS) is 12.9. The highest BCUT2D eigenvalue weighted by molar-refractivity contribution is 5.96. The second-order valence-corrected chi connectivity index (χ2v) is 6.32. The van der Waals surface area contributed by atoms with Gasteiger partial charge in [-0.05, 0) is 42.7 Å². The van der Waals surface area contributed by atoms with Gasteiger partial charge in [0.25, 0.3) is 11.6 Å². The van der Waals surface area contributed by atoms with Crippen molar-refractivity contribution in [2.45, 2.75) is 13.3 Å². The summed E-state index contributed by atoms with van der Waals surface area (Å²) in [7, 11) is 0. The predicted molar refractivity (Wildman–Crippen MR) is 98.1 cm³/mol. The lowest BCUT2D eigenvalue weighted by atomic mass is 10.1. The molecule has 26 heavy (non-hydrogen) atoms. The van der Waals surface area contributed by atoms with Gasteiger partial charge in [-0.3, -0.25) is 25.3 Å². The fraction of sp³-hybridized carbons (Fsp3) is 0.158. The van der Waals surface area contributed by atoms with Crippen molar-refractivity contribution in [3.05, 3.63) is 75.3 Å². The lowest BCUT2D eigenvalue weighted by molar-refractivity contribution is -0.384. The topological polar surface area (TPSA) is 88.4 Å². The van der Waals surface area contributed by atoms with E-state index in [1.165, 1.54) is 18.2 Å². The van der Waals surface area contributed by atoms with Crippen molar-refractivity contribution >= 4 is 28.3 Å². The number of anilines is 1. The third-order valence-corrected chi connectivity index (χ3v) is 4.45. The average Bonchev–Trinajstić information content (AvgIpc) is 3.01. The fourth-order valence-corrected chi connectivity index (χ4v) is 3.12. The molecule has 4 rings (SSSR count). The molecule has 0 aliphatic carbocycles. The summed E-state index contributed by atoms with van der Waals surface area (Å²) in [6.45, 7) is 2.62. The zero-order valence-corrected chi connectivity index (χ0v) is 14.1. The smallest absolute Gasteiger partial charge is 0.267 e. The number of amides is 1. The molecule has 0 fully saturated rings. The molecule has 1 aliphatic rings. The van der Waals surface area contributed by atoms with Gasteiger partial charge in [-0.1, -0.05) is 18.2 Å². The molecular formula is C19H16N4O3. The molecule has 1 amide bonds. The first kappa shape index (κ1) is 16.0. The molecular weight excluding hydrogens is 332 g/mol. The largest absolute Gasteiger partial charge is 0.270 e. The van der Waals surface area contributed by atoms with Crippen LogP contribution in [-0.4, -0.2) is 22.4 Å². The van der Waals surface area contributed by atoms with E-state index in [0.29, 0.717) is 6.54 Å². The molecule has 1 aliphatic heterocycles. The van der Waals surface area contributed by atoms with E-state index in [4.69, 9.17) is 4.98 Å². The molecule has 1 aromatic heterocycles. The first-order valence-electron chi connectivity index (χ1n) is 8.24. The number of nitro groups is 1. The molecule has 7 nitrogen and oxygen atoms in total. The first-order chi connectivity index (χ1) is 12.5. The number of nitrogens with zero attached hydrogens (tertiary/aromatic N) is 3. The number of hydrogen-bond acceptors (Lipinski definition) is 5. The Kier molecular flexibility index (Phi) is 3.76. The first-order valence-corrected chi connectivity index (χ1v) is 8.24. The molecule has 2 aromatic carbocycles. The van der Waals surface area contributed by atoms with Crippen LogP contribution >= 0.6 is 0 Å². The summed E-state index contributed by atoms with van der Waals surface area (Å²) < 4.78 is 0. The zero-order valence-electron chi connectivity index (χ0n) is 14.1. The van der Waals surface area contributed by atoms with Gasteiger partial charge in [-0.15, -0.1) is 0 Å². The van der Waals surface area contributed by atoms with Gasteiger partial charge < -0.3 is 0 Å². The fourth-order valence-electron chi connectivity index (χ4n) is 3.12. The monoisotopic (exact) mass is 348 g/mol. The molecule has 0 atom stereocenters. The Labute approximate surface area is 149 Å². The standard InChI is InChI=1S/C19H16N4O3/c1-12-5-6-13-10-14-7-8-22(18(14)20-17(13)9-12)21-19(24)15-3-2-4-16(11-15)23(25)26/h2-6,9-11H,7-8H2,1H3,(H,21,24). The number of rotatable bonds is 3. The van der Waals surface area contributed by atoms with Crippen LogP contribution in [0, 0.1) is 17.0 Å². The van der Waals surface area contributed by atoms with Crippen LogP contribution in [0.25, 0.3) is 10.9 Å². The van der Waals surface area contributed by atoms with Crippen molar-refractivity contribution < 1.29 is 9.72 Å². The lowest BCUT2D eigenvalue weighted by Gasteiger charge is -2.19. The third kappa shape index (κ3) is 2.83. The van der Waals surface area contributed by atoms with Gasteiger partial charge in [-0.2, -0.15) is 0 Å². The summed E-state index contributed by atoms with van der Waals surface area (Å²) in [5, 5.41) is 13.7. The van der Waals surface area contributed by atoms with Crippen LogP contribution < -0.4 is 10.4 Å². The van der Waals surface area contributed by atoms with Crippen LogP contribution in [-0.2, 0) is 6.42 Å². The molecule has 2 heterocycles. The Hall–Kier alpha value is -3.48. The van der Waals surface area contributed by atoms with E-state index in [0.717, 1.165) is 34.3 Å². The number of nitrogens with one attached hydrogen (secondary N) is 1. The molecule has 0 saturated carbocycles. The van der Waals surface area contributed by atoms with E-state index in [-0.39, 0.29) is 11.3 Å². The predicted octanol–water partition coefficient (Wildman–Crippen LogP) is 3.16. The summed E-state index contributed by atoms with van der Waals surface area (Å²) in [5.74, 6) is 0.328. The highest BCUT2D eigenvalue weighted by Crippen LogP contribution is 2.28. The summed E-state index contributed by atoms with van der Waals surface area (Å²) in [6, 6.07) is 13.9. The number of carbonyl (C=O) groups excluding carboxylic acids is 1. The van der Waals surface area contributed by atoms with Crippen molar-refractivity contribution in [3.63, 3.8) is 0 Å². The van der Waals surface area contributed by atoms with Gasteiger partial charge in [0.05, 0.1) is 10.4 Å². The zero-order chi connectivity index (χ0) is 18.3. The van der Waals surface area contributed by atoms with Gasteiger partial charge in [-0.25, -0.2) is 4.98 Å². The lowest BCUT2D eigenvalue weighted by Crippen LogP contribution is -2.41. The second-order valence-electron chi connectivity index (χ2n) is 6.32. The number of hydrazine groups is 1. The molecule has 0 bridgehead atoms. The van der Waals surface area contributed by atoms with Crippen LogP contribution in [0.1, 0.15) is 21.5 Å². The van der Waals surface area contributed by atoms with E-state index >= 15 is 0 Å². The molecule has 3 aromatic rings. The summed E-state index contributed by atoms with van der Waals surface area (Å²) in [6.07, 6.45) is 0.779. The van der Waals surface area contributed by atoms with Gasteiger partial charge in [0.2, 0.25) is 0 Å². The Bertz CT molecular complexity index is 1050. The Morgan fingerprint density at radius 1 is 1.23 bits per heavy atom. The molecule has 0 unspecified atom stereocenters. The summed E-state index contributed by atoms with van der Waals surface area (Å²) in [4.78, 5) is 27.6. The number of aromatic nitrogens is 1. The maximum absolute atomic E-state index is 12.5. The Morgan fingerprint density at radius 2 is 2.08 bits per heavy atom. The van der Waals surface area contributed by atoms with Crippen LogP contribution in [0.3, 0.4) is 0 Å². The summed E-state index contributed by atoms with van der Waals surface area (Å²) >= 11 is 0. The van der Waals surface area contributed by atoms with E-state index in [9.17, 15) is 14.9 Å². The number of benzene rings is 2. The van der Waals surface area contributed by atoms with Crippen molar-refractivity contribution in [1.29, 1.82) is 0 Å².